The molecule has 0 aliphatic carbocycles. The highest BCUT2D eigenvalue weighted by Crippen LogP contribution is 2.16. The number of carbonyl (C=O) groups excluding carboxylic acids is 1. The fourth-order valence-electron chi connectivity index (χ4n) is 2.98. The normalized spacial score (nSPS) is 17.0. The molecule has 1 fully saturated rings. The highest BCUT2D eigenvalue weighted by atomic mass is 127. The Morgan fingerprint density at radius 1 is 1.30 bits per heavy atom. The SMILES string of the molecule is CCN1C(=O)OCC1Cc1c[n+](Cc2ccccc2)cn1C.[I-]. The zero-order valence-electron chi connectivity index (χ0n) is 13.5. The number of hydrogen-bond acceptors (Lipinski definition) is 2. The monoisotopic (exact) mass is 427 g/mol. The van der Waals surface area contributed by atoms with Crippen LogP contribution in [0.15, 0.2) is 42.9 Å². The Morgan fingerprint density at radius 2 is 2.04 bits per heavy atom. The number of likely N-dealkylation sites (N-methyl/N-ethyl adjacent to an activating group) is 1. The van der Waals surface area contributed by atoms with Crippen LogP contribution in [0.3, 0.4) is 0 Å². The minimum absolute atomic E-state index is 0. The Balaban J connectivity index is 0.00000192. The Kier molecular flexibility index (Phi) is 6.04. The lowest BCUT2D eigenvalue weighted by Crippen LogP contribution is -3.00. The second kappa shape index (κ2) is 7.81. The third kappa shape index (κ3) is 4.04. The molecule has 23 heavy (non-hydrogen) atoms. The summed E-state index contributed by atoms with van der Waals surface area (Å²) in [5.74, 6) is 0. The highest BCUT2D eigenvalue weighted by molar-refractivity contribution is 5.70. The van der Waals surface area contributed by atoms with Gasteiger partial charge in [0.2, 0.25) is 6.33 Å². The zero-order chi connectivity index (χ0) is 15.5. The van der Waals surface area contributed by atoms with Gasteiger partial charge in [-0.2, -0.15) is 0 Å². The standard InChI is InChI=1S/C17H22N3O2.HI/c1-3-20-16(12-22-17(20)21)9-15-11-19(13-18(15)2)10-14-7-5-4-6-8-14;/h4-8,11,13,16H,3,9-10,12H2,1-2H3;1H/q+1;/p-1. The number of imidazole rings is 1. The summed E-state index contributed by atoms with van der Waals surface area (Å²) in [4.78, 5) is 13.4. The molecule has 0 radical (unpaired) electrons. The van der Waals surface area contributed by atoms with Crippen LogP contribution in [0, 0.1) is 0 Å². The molecular weight excluding hydrogens is 405 g/mol. The summed E-state index contributed by atoms with van der Waals surface area (Å²) >= 11 is 0. The van der Waals surface area contributed by atoms with E-state index in [0.29, 0.717) is 13.2 Å². The van der Waals surface area contributed by atoms with E-state index in [0.717, 1.165) is 13.0 Å². The summed E-state index contributed by atoms with van der Waals surface area (Å²) in [5, 5.41) is 0. The first-order valence-corrected chi connectivity index (χ1v) is 7.69. The lowest BCUT2D eigenvalue weighted by molar-refractivity contribution is -0.688. The van der Waals surface area contributed by atoms with Crippen molar-refractivity contribution in [2.24, 2.45) is 7.05 Å². The molecular formula is C17H22IN3O2. The lowest BCUT2D eigenvalue weighted by atomic mass is 10.1. The summed E-state index contributed by atoms with van der Waals surface area (Å²) in [5.41, 5.74) is 2.48. The summed E-state index contributed by atoms with van der Waals surface area (Å²) < 4.78 is 9.46. The molecule has 1 atom stereocenters. The third-order valence-electron chi connectivity index (χ3n) is 4.16. The first-order chi connectivity index (χ1) is 10.7. The summed E-state index contributed by atoms with van der Waals surface area (Å²) in [6.07, 6.45) is 4.87. The third-order valence-corrected chi connectivity index (χ3v) is 4.16. The quantitative estimate of drug-likeness (QED) is 0.442. The number of benzene rings is 1. The number of nitrogens with zero attached hydrogens (tertiary/aromatic N) is 3. The molecule has 0 N–H and O–H groups in total. The van der Waals surface area contributed by atoms with Gasteiger partial charge in [-0.1, -0.05) is 30.3 Å². The van der Waals surface area contributed by atoms with Crippen LogP contribution in [0.5, 0.6) is 0 Å². The number of aryl methyl sites for hydroxylation is 1. The van der Waals surface area contributed by atoms with Gasteiger partial charge in [0, 0.05) is 13.0 Å². The van der Waals surface area contributed by atoms with E-state index in [-0.39, 0.29) is 36.1 Å². The van der Waals surface area contributed by atoms with Crippen molar-refractivity contribution in [1.82, 2.24) is 9.47 Å². The smallest absolute Gasteiger partial charge is 0.410 e. The van der Waals surface area contributed by atoms with Crippen LogP contribution in [0.4, 0.5) is 4.79 Å². The molecule has 3 rings (SSSR count). The van der Waals surface area contributed by atoms with Gasteiger partial charge in [-0.05, 0) is 12.5 Å². The number of cyclic esters (lactones) is 1. The molecule has 0 bridgehead atoms. The lowest BCUT2D eigenvalue weighted by Gasteiger charge is -2.17. The maximum atomic E-state index is 11.6. The maximum Gasteiger partial charge on any atom is 0.410 e. The van der Waals surface area contributed by atoms with Crippen LogP contribution in [-0.2, 0) is 24.8 Å². The van der Waals surface area contributed by atoms with Crippen molar-refractivity contribution >= 4 is 6.09 Å². The highest BCUT2D eigenvalue weighted by Gasteiger charge is 2.33. The second-order valence-electron chi connectivity index (χ2n) is 5.73. The molecule has 1 amide bonds. The van der Waals surface area contributed by atoms with Gasteiger partial charge in [0.1, 0.15) is 25.0 Å². The van der Waals surface area contributed by atoms with Crippen LogP contribution in [0.2, 0.25) is 0 Å². The van der Waals surface area contributed by atoms with Crippen molar-refractivity contribution in [2.75, 3.05) is 13.2 Å². The molecule has 2 aromatic rings. The molecule has 1 unspecified atom stereocenters. The van der Waals surface area contributed by atoms with Gasteiger partial charge in [-0.15, -0.1) is 0 Å². The number of ether oxygens (including phenoxy) is 1. The van der Waals surface area contributed by atoms with E-state index < -0.39 is 0 Å². The van der Waals surface area contributed by atoms with Gasteiger partial charge in [0.05, 0.1) is 13.1 Å². The topological polar surface area (TPSA) is 38.4 Å². The molecule has 1 aromatic carbocycles. The Labute approximate surface area is 153 Å². The minimum Gasteiger partial charge on any atom is -1.00 e. The predicted octanol–water partition coefficient (Wildman–Crippen LogP) is -1.25. The predicted molar refractivity (Wildman–Crippen MR) is 82.4 cm³/mol. The first-order valence-electron chi connectivity index (χ1n) is 7.69. The van der Waals surface area contributed by atoms with Gasteiger partial charge in [0.25, 0.3) is 0 Å². The van der Waals surface area contributed by atoms with Gasteiger partial charge in [-0.25, -0.2) is 13.9 Å². The number of hydrogen-bond donors (Lipinski definition) is 0. The fourth-order valence-corrected chi connectivity index (χ4v) is 2.98. The zero-order valence-corrected chi connectivity index (χ0v) is 15.6. The van der Waals surface area contributed by atoms with Gasteiger partial charge in [-0.3, -0.25) is 0 Å². The number of aromatic nitrogens is 2. The average molecular weight is 427 g/mol. The fraction of sp³-hybridized carbons (Fsp3) is 0.412. The van der Waals surface area contributed by atoms with E-state index in [1.165, 1.54) is 11.3 Å². The van der Waals surface area contributed by atoms with E-state index in [1.54, 1.807) is 4.90 Å². The molecule has 1 aliphatic rings. The molecule has 1 aromatic heterocycles. The van der Waals surface area contributed by atoms with E-state index in [1.807, 2.05) is 20.0 Å². The van der Waals surface area contributed by atoms with Crippen LogP contribution < -0.4 is 28.5 Å². The van der Waals surface area contributed by atoms with Gasteiger partial charge < -0.3 is 33.6 Å². The van der Waals surface area contributed by atoms with Gasteiger partial charge in [0.15, 0.2) is 0 Å². The number of carbonyl (C=O) groups is 1. The molecule has 1 saturated heterocycles. The average Bonchev–Trinajstić information content (AvgIpc) is 3.03. The molecule has 0 spiro atoms. The molecule has 124 valence electrons. The van der Waals surface area contributed by atoms with Crippen LogP contribution in [0.25, 0.3) is 0 Å². The summed E-state index contributed by atoms with van der Waals surface area (Å²) in [6, 6.07) is 10.5. The number of rotatable bonds is 5. The number of amides is 1. The van der Waals surface area contributed by atoms with Crippen molar-refractivity contribution in [3.63, 3.8) is 0 Å². The van der Waals surface area contributed by atoms with Crippen LogP contribution in [0.1, 0.15) is 18.2 Å². The van der Waals surface area contributed by atoms with Crippen molar-refractivity contribution in [1.29, 1.82) is 0 Å². The molecule has 6 heteroatoms. The molecule has 1 aliphatic heterocycles. The largest absolute Gasteiger partial charge is 1.00 e. The van der Waals surface area contributed by atoms with E-state index >= 15 is 0 Å². The Morgan fingerprint density at radius 3 is 2.74 bits per heavy atom. The molecule has 5 nitrogen and oxygen atoms in total. The summed E-state index contributed by atoms with van der Waals surface area (Å²) in [6.45, 7) is 4.01. The van der Waals surface area contributed by atoms with Crippen molar-refractivity contribution < 1.29 is 38.1 Å². The van der Waals surface area contributed by atoms with Gasteiger partial charge >= 0.3 is 6.09 Å². The van der Waals surface area contributed by atoms with E-state index in [4.69, 9.17) is 4.74 Å². The molecule has 0 saturated carbocycles. The Hall–Kier alpha value is -1.57. The Bertz CT molecular complexity index is 657. The first kappa shape index (κ1) is 17.8. The maximum absolute atomic E-state index is 11.6. The second-order valence-corrected chi connectivity index (χ2v) is 5.73. The molecule has 2 heterocycles. The minimum atomic E-state index is -0.195. The van der Waals surface area contributed by atoms with E-state index in [2.05, 4.69) is 45.9 Å². The number of halogens is 1. The van der Waals surface area contributed by atoms with Crippen LogP contribution in [-0.4, -0.2) is 34.8 Å². The van der Waals surface area contributed by atoms with Crippen LogP contribution >= 0.6 is 0 Å². The van der Waals surface area contributed by atoms with Crippen molar-refractivity contribution in [2.45, 2.75) is 25.9 Å². The summed E-state index contributed by atoms with van der Waals surface area (Å²) in [7, 11) is 2.05. The van der Waals surface area contributed by atoms with Crippen molar-refractivity contribution in [3.05, 3.63) is 54.1 Å². The van der Waals surface area contributed by atoms with E-state index in [9.17, 15) is 4.79 Å². The van der Waals surface area contributed by atoms with Crippen molar-refractivity contribution in [3.8, 4) is 0 Å².